The highest BCUT2D eigenvalue weighted by Gasteiger charge is 2.16. The smallest absolute Gasteiger partial charge is 0.274 e. The Labute approximate surface area is 148 Å². The van der Waals surface area contributed by atoms with Crippen molar-refractivity contribution < 1.29 is 14.8 Å². The van der Waals surface area contributed by atoms with Crippen LogP contribution in [-0.4, -0.2) is 17.0 Å². The summed E-state index contributed by atoms with van der Waals surface area (Å²) in [6.07, 6.45) is 0. The van der Waals surface area contributed by atoms with Gasteiger partial charge in [-0.05, 0) is 47.7 Å². The van der Waals surface area contributed by atoms with Gasteiger partial charge in [0.2, 0.25) is 0 Å². The molecule has 0 aliphatic rings. The molecule has 132 valence electrons. The molecule has 2 aromatic rings. The lowest BCUT2D eigenvalue weighted by atomic mass is 9.86. The molecular weight excluding hydrogens is 316 g/mol. The summed E-state index contributed by atoms with van der Waals surface area (Å²) in [4.78, 5) is 23.9. The van der Waals surface area contributed by atoms with Gasteiger partial charge in [0.05, 0.1) is 6.04 Å². The molecule has 0 spiro atoms. The number of amides is 2. The number of carbonyl (C=O) groups is 2. The number of nitrogens with one attached hydrogen (secondary N) is 2. The predicted molar refractivity (Wildman–Crippen MR) is 96.7 cm³/mol. The number of hydroxylamine groups is 1. The molecule has 0 saturated carbocycles. The number of hydrogen-bond donors (Lipinski definition) is 3. The van der Waals surface area contributed by atoms with Gasteiger partial charge < -0.3 is 5.32 Å². The van der Waals surface area contributed by atoms with Gasteiger partial charge in [-0.1, -0.05) is 45.0 Å². The molecule has 3 N–H and O–H groups in total. The minimum absolute atomic E-state index is 0.0377. The topological polar surface area (TPSA) is 78.4 Å². The second-order valence-corrected chi connectivity index (χ2v) is 7.09. The third-order valence-electron chi connectivity index (χ3n) is 4.11. The Morgan fingerprint density at radius 3 is 2.16 bits per heavy atom. The molecule has 2 amide bonds. The Balaban J connectivity index is 2.11. The highest BCUT2D eigenvalue weighted by molar-refractivity contribution is 5.95. The summed E-state index contributed by atoms with van der Waals surface area (Å²) in [7, 11) is 0. The normalized spacial score (nSPS) is 12.4. The zero-order chi connectivity index (χ0) is 18.6. The number of hydrogen-bond acceptors (Lipinski definition) is 3. The zero-order valence-corrected chi connectivity index (χ0v) is 15.0. The summed E-state index contributed by atoms with van der Waals surface area (Å²) in [5, 5.41) is 11.6. The Morgan fingerprint density at radius 1 is 0.960 bits per heavy atom. The quantitative estimate of drug-likeness (QED) is 0.588. The minimum atomic E-state index is -0.585. The lowest BCUT2D eigenvalue weighted by Crippen LogP contribution is -2.27. The standard InChI is InChI=1S/C20H24N2O3/c1-13(15-6-5-7-16(12-15)19(24)22-25)21-18(23)14-8-10-17(11-9-14)20(2,3)4/h5-13,25H,1-4H3,(H,21,23)(H,22,24). The van der Waals surface area contributed by atoms with E-state index < -0.39 is 5.91 Å². The average Bonchev–Trinajstić information content (AvgIpc) is 2.60. The molecule has 0 aliphatic heterocycles. The van der Waals surface area contributed by atoms with Crippen LogP contribution >= 0.6 is 0 Å². The van der Waals surface area contributed by atoms with Crippen molar-refractivity contribution in [1.29, 1.82) is 0 Å². The van der Waals surface area contributed by atoms with E-state index in [2.05, 4.69) is 26.1 Å². The van der Waals surface area contributed by atoms with Gasteiger partial charge in [-0.25, -0.2) is 5.48 Å². The zero-order valence-electron chi connectivity index (χ0n) is 15.0. The number of benzene rings is 2. The molecule has 0 saturated heterocycles. The van der Waals surface area contributed by atoms with Crippen molar-refractivity contribution in [2.24, 2.45) is 0 Å². The van der Waals surface area contributed by atoms with Crippen LogP contribution in [0.25, 0.3) is 0 Å². The third-order valence-corrected chi connectivity index (χ3v) is 4.11. The van der Waals surface area contributed by atoms with Gasteiger partial charge in [0, 0.05) is 11.1 Å². The molecule has 0 heterocycles. The second kappa shape index (κ2) is 7.49. The molecule has 0 fully saturated rings. The Bertz CT molecular complexity index is 761. The van der Waals surface area contributed by atoms with Crippen LogP contribution in [0.1, 0.15) is 65.6 Å². The summed E-state index contributed by atoms with van der Waals surface area (Å²) in [5.74, 6) is -0.761. The molecule has 25 heavy (non-hydrogen) atoms. The first-order valence-corrected chi connectivity index (χ1v) is 8.18. The fourth-order valence-corrected chi connectivity index (χ4v) is 2.50. The molecule has 0 radical (unpaired) electrons. The van der Waals surface area contributed by atoms with Crippen LogP contribution in [0.5, 0.6) is 0 Å². The van der Waals surface area contributed by atoms with E-state index in [1.165, 1.54) is 5.56 Å². The fourth-order valence-electron chi connectivity index (χ4n) is 2.50. The van der Waals surface area contributed by atoms with E-state index in [1.807, 2.05) is 37.3 Å². The first-order chi connectivity index (χ1) is 11.7. The molecule has 0 aromatic heterocycles. The van der Waals surface area contributed by atoms with Crippen molar-refractivity contribution in [2.45, 2.75) is 39.2 Å². The first-order valence-electron chi connectivity index (χ1n) is 8.18. The molecule has 0 bridgehead atoms. The lowest BCUT2D eigenvalue weighted by Gasteiger charge is -2.19. The molecule has 1 atom stereocenters. The molecule has 1 unspecified atom stereocenters. The van der Waals surface area contributed by atoms with E-state index in [4.69, 9.17) is 5.21 Å². The highest BCUT2D eigenvalue weighted by atomic mass is 16.5. The maximum Gasteiger partial charge on any atom is 0.274 e. The van der Waals surface area contributed by atoms with E-state index in [-0.39, 0.29) is 17.4 Å². The van der Waals surface area contributed by atoms with E-state index in [0.29, 0.717) is 11.1 Å². The van der Waals surface area contributed by atoms with Crippen LogP contribution in [0, 0.1) is 0 Å². The number of carbonyl (C=O) groups excluding carboxylic acids is 2. The SMILES string of the molecule is CC(NC(=O)c1ccc(C(C)(C)C)cc1)c1cccc(C(=O)NO)c1. The van der Waals surface area contributed by atoms with Gasteiger partial charge in [0.15, 0.2) is 0 Å². The molecule has 2 aromatic carbocycles. The van der Waals surface area contributed by atoms with Crippen LogP contribution in [0.2, 0.25) is 0 Å². The molecule has 5 nitrogen and oxygen atoms in total. The van der Waals surface area contributed by atoms with E-state index >= 15 is 0 Å². The molecule has 5 heteroatoms. The maximum absolute atomic E-state index is 12.4. The van der Waals surface area contributed by atoms with Crippen molar-refractivity contribution in [3.05, 3.63) is 70.8 Å². The van der Waals surface area contributed by atoms with Gasteiger partial charge in [0.1, 0.15) is 0 Å². The molecule has 2 rings (SSSR count). The highest BCUT2D eigenvalue weighted by Crippen LogP contribution is 2.22. The lowest BCUT2D eigenvalue weighted by molar-refractivity contribution is 0.0706. The monoisotopic (exact) mass is 340 g/mol. The van der Waals surface area contributed by atoms with Crippen LogP contribution in [0.15, 0.2) is 48.5 Å². The Hall–Kier alpha value is -2.66. The summed E-state index contributed by atoms with van der Waals surface area (Å²) in [6.45, 7) is 8.22. The van der Waals surface area contributed by atoms with E-state index in [9.17, 15) is 9.59 Å². The van der Waals surface area contributed by atoms with Gasteiger partial charge in [0.25, 0.3) is 11.8 Å². The first kappa shape index (κ1) is 18.7. The second-order valence-electron chi connectivity index (χ2n) is 7.09. The van der Waals surface area contributed by atoms with E-state index in [1.54, 1.807) is 23.7 Å². The average molecular weight is 340 g/mol. The Kier molecular flexibility index (Phi) is 5.59. The maximum atomic E-state index is 12.4. The van der Waals surface area contributed by atoms with Crippen molar-refractivity contribution in [2.75, 3.05) is 0 Å². The van der Waals surface area contributed by atoms with E-state index in [0.717, 1.165) is 5.56 Å². The summed E-state index contributed by atoms with van der Waals surface area (Å²) >= 11 is 0. The van der Waals surface area contributed by atoms with Crippen LogP contribution in [0.4, 0.5) is 0 Å². The van der Waals surface area contributed by atoms with Gasteiger partial charge >= 0.3 is 0 Å². The van der Waals surface area contributed by atoms with Gasteiger partial charge in [-0.3, -0.25) is 14.8 Å². The predicted octanol–water partition coefficient (Wildman–Crippen LogP) is 3.59. The Morgan fingerprint density at radius 2 is 1.60 bits per heavy atom. The molecule has 0 aliphatic carbocycles. The number of rotatable bonds is 4. The van der Waals surface area contributed by atoms with Crippen molar-refractivity contribution in [3.63, 3.8) is 0 Å². The largest absolute Gasteiger partial charge is 0.346 e. The van der Waals surface area contributed by atoms with Gasteiger partial charge in [-0.2, -0.15) is 0 Å². The van der Waals surface area contributed by atoms with Crippen molar-refractivity contribution in [1.82, 2.24) is 10.8 Å². The summed E-state index contributed by atoms with van der Waals surface area (Å²) in [5.41, 5.74) is 4.50. The van der Waals surface area contributed by atoms with Crippen molar-refractivity contribution >= 4 is 11.8 Å². The van der Waals surface area contributed by atoms with Gasteiger partial charge in [-0.15, -0.1) is 0 Å². The summed E-state index contributed by atoms with van der Waals surface area (Å²) in [6, 6.07) is 14.0. The van der Waals surface area contributed by atoms with Crippen LogP contribution in [-0.2, 0) is 5.41 Å². The van der Waals surface area contributed by atoms with Crippen LogP contribution < -0.4 is 10.8 Å². The minimum Gasteiger partial charge on any atom is -0.346 e. The van der Waals surface area contributed by atoms with Crippen molar-refractivity contribution in [3.8, 4) is 0 Å². The fraction of sp³-hybridized carbons (Fsp3) is 0.300. The third kappa shape index (κ3) is 4.67. The van der Waals surface area contributed by atoms with Crippen LogP contribution in [0.3, 0.4) is 0 Å². The molecular formula is C20H24N2O3. The summed E-state index contributed by atoms with van der Waals surface area (Å²) < 4.78 is 0.